The van der Waals surface area contributed by atoms with Gasteiger partial charge in [-0.15, -0.1) is 11.6 Å². The molecule has 1 saturated heterocycles. The standard InChI is InChI=1S/C15H21ClN2O5/c1-21-14-9-12(17-11-3-7-22-8-4-11)13(18(19)20)10-15(14)23-6-2-5-16/h9-11,17H,2-8H2,1H3. The maximum Gasteiger partial charge on any atom is 0.296 e. The van der Waals surface area contributed by atoms with E-state index in [1.807, 2.05) is 0 Å². The average Bonchev–Trinajstić information content (AvgIpc) is 2.56. The Morgan fingerprint density at radius 2 is 2.13 bits per heavy atom. The van der Waals surface area contributed by atoms with Crippen molar-refractivity contribution in [2.45, 2.75) is 25.3 Å². The number of hydrogen-bond donors (Lipinski definition) is 1. The van der Waals surface area contributed by atoms with Gasteiger partial charge in [0.2, 0.25) is 0 Å². The Morgan fingerprint density at radius 3 is 2.74 bits per heavy atom. The molecule has 0 amide bonds. The third-order valence-electron chi connectivity index (χ3n) is 3.60. The third kappa shape index (κ3) is 4.87. The van der Waals surface area contributed by atoms with Crippen molar-refractivity contribution < 1.29 is 19.1 Å². The van der Waals surface area contributed by atoms with Gasteiger partial charge in [-0.05, 0) is 19.3 Å². The van der Waals surface area contributed by atoms with Gasteiger partial charge < -0.3 is 19.5 Å². The Kier molecular flexibility index (Phi) is 6.73. The number of benzene rings is 1. The van der Waals surface area contributed by atoms with E-state index in [-0.39, 0.29) is 11.7 Å². The Morgan fingerprint density at radius 1 is 1.39 bits per heavy atom. The number of anilines is 1. The first-order chi connectivity index (χ1) is 11.2. The Balaban J connectivity index is 2.23. The molecule has 1 aliphatic heterocycles. The molecule has 1 heterocycles. The van der Waals surface area contributed by atoms with E-state index in [1.165, 1.54) is 13.2 Å². The zero-order chi connectivity index (χ0) is 16.7. The van der Waals surface area contributed by atoms with Crippen LogP contribution in [-0.2, 0) is 4.74 Å². The summed E-state index contributed by atoms with van der Waals surface area (Å²) in [6.07, 6.45) is 2.28. The fraction of sp³-hybridized carbons (Fsp3) is 0.600. The van der Waals surface area contributed by atoms with Crippen LogP contribution in [0, 0.1) is 10.1 Å². The lowest BCUT2D eigenvalue weighted by atomic mass is 10.1. The highest BCUT2D eigenvalue weighted by Gasteiger charge is 2.23. The lowest BCUT2D eigenvalue weighted by Gasteiger charge is -2.24. The first-order valence-corrected chi connectivity index (χ1v) is 8.08. The number of nitro groups is 1. The van der Waals surface area contributed by atoms with Gasteiger partial charge in [0.05, 0.1) is 24.7 Å². The number of alkyl halides is 1. The minimum atomic E-state index is -0.421. The van der Waals surface area contributed by atoms with Crippen molar-refractivity contribution in [2.75, 3.05) is 38.1 Å². The number of rotatable bonds is 8. The van der Waals surface area contributed by atoms with Gasteiger partial charge in [0.1, 0.15) is 5.69 Å². The average molecular weight is 345 g/mol. The van der Waals surface area contributed by atoms with E-state index in [0.29, 0.717) is 49.3 Å². The molecular formula is C15H21ClN2O5. The highest BCUT2D eigenvalue weighted by atomic mass is 35.5. The fourth-order valence-electron chi connectivity index (χ4n) is 2.39. The smallest absolute Gasteiger partial charge is 0.296 e. The summed E-state index contributed by atoms with van der Waals surface area (Å²) in [5.41, 5.74) is 0.404. The maximum absolute atomic E-state index is 11.4. The van der Waals surface area contributed by atoms with Crippen LogP contribution in [0.25, 0.3) is 0 Å². The van der Waals surface area contributed by atoms with E-state index in [2.05, 4.69) is 5.32 Å². The molecule has 1 aromatic rings. The number of nitrogens with zero attached hydrogens (tertiary/aromatic N) is 1. The first-order valence-electron chi connectivity index (χ1n) is 7.55. The number of hydrogen-bond acceptors (Lipinski definition) is 6. The van der Waals surface area contributed by atoms with Crippen molar-refractivity contribution in [1.82, 2.24) is 0 Å². The number of methoxy groups -OCH3 is 1. The molecule has 1 fully saturated rings. The van der Waals surface area contributed by atoms with E-state index in [1.54, 1.807) is 6.07 Å². The second kappa shape index (κ2) is 8.79. The summed E-state index contributed by atoms with van der Waals surface area (Å²) in [6, 6.07) is 3.16. The normalized spacial score (nSPS) is 15.2. The summed E-state index contributed by atoms with van der Waals surface area (Å²) in [5.74, 6) is 1.27. The van der Waals surface area contributed by atoms with Gasteiger partial charge >= 0.3 is 0 Å². The van der Waals surface area contributed by atoms with E-state index < -0.39 is 4.92 Å². The largest absolute Gasteiger partial charge is 0.493 e. The Bertz CT molecular complexity index is 535. The molecule has 0 aromatic heterocycles. The van der Waals surface area contributed by atoms with Gasteiger partial charge in [0.25, 0.3) is 5.69 Å². The number of nitro benzene ring substituents is 1. The van der Waals surface area contributed by atoms with Gasteiger partial charge in [-0.3, -0.25) is 10.1 Å². The highest BCUT2D eigenvalue weighted by Crippen LogP contribution is 2.38. The molecule has 1 N–H and O–H groups in total. The zero-order valence-corrected chi connectivity index (χ0v) is 13.8. The van der Waals surface area contributed by atoms with E-state index in [9.17, 15) is 10.1 Å². The summed E-state index contributed by atoms with van der Waals surface area (Å²) in [5, 5.41) is 14.6. The fourth-order valence-corrected chi connectivity index (χ4v) is 2.50. The zero-order valence-electron chi connectivity index (χ0n) is 13.0. The molecule has 7 nitrogen and oxygen atoms in total. The molecule has 0 aliphatic carbocycles. The molecule has 0 unspecified atom stereocenters. The molecule has 1 aliphatic rings. The minimum Gasteiger partial charge on any atom is -0.493 e. The topological polar surface area (TPSA) is 82.9 Å². The van der Waals surface area contributed by atoms with Gasteiger partial charge in [-0.2, -0.15) is 0 Å². The quantitative estimate of drug-likeness (QED) is 0.337. The highest BCUT2D eigenvalue weighted by molar-refractivity contribution is 6.17. The molecule has 0 saturated carbocycles. The predicted molar refractivity (Wildman–Crippen MR) is 87.9 cm³/mol. The van der Waals surface area contributed by atoms with Gasteiger partial charge in [-0.25, -0.2) is 0 Å². The number of ether oxygens (including phenoxy) is 3. The van der Waals surface area contributed by atoms with Crippen LogP contribution in [0.3, 0.4) is 0 Å². The Hall–Kier alpha value is -1.73. The lowest BCUT2D eigenvalue weighted by molar-refractivity contribution is -0.384. The van der Waals surface area contributed by atoms with Crippen LogP contribution in [0.2, 0.25) is 0 Å². The van der Waals surface area contributed by atoms with E-state index in [4.69, 9.17) is 25.8 Å². The van der Waals surface area contributed by atoms with Crippen LogP contribution >= 0.6 is 11.6 Å². The lowest BCUT2D eigenvalue weighted by Crippen LogP contribution is -2.28. The maximum atomic E-state index is 11.4. The van der Waals surface area contributed by atoms with Gasteiger partial charge in [0, 0.05) is 31.2 Å². The molecule has 2 rings (SSSR count). The SMILES string of the molecule is COc1cc(NC2CCOCC2)c([N+](=O)[O-])cc1OCCCCl. The molecule has 128 valence electrons. The van der Waals surface area contributed by atoms with Gasteiger partial charge in [-0.1, -0.05) is 0 Å². The Labute approximate surface area is 140 Å². The molecule has 0 spiro atoms. The summed E-state index contributed by atoms with van der Waals surface area (Å²) in [4.78, 5) is 10.9. The van der Waals surface area contributed by atoms with E-state index >= 15 is 0 Å². The monoisotopic (exact) mass is 344 g/mol. The van der Waals surface area contributed by atoms with Crippen LogP contribution in [-0.4, -0.2) is 43.8 Å². The number of halogens is 1. The first kappa shape index (κ1) is 17.6. The molecule has 8 heteroatoms. The van der Waals surface area contributed by atoms with Crippen molar-refractivity contribution in [3.8, 4) is 11.5 Å². The molecular weight excluding hydrogens is 324 g/mol. The van der Waals surface area contributed by atoms with Gasteiger partial charge in [0.15, 0.2) is 11.5 Å². The minimum absolute atomic E-state index is 0.0295. The summed E-state index contributed by atoms with van der Waals surface area (Å²) >= 11 is 5.62. The third-order valence-corrected chi connectivity index (χ3v) is 3.86. The van der Waals surface area contributed by atoms with Crippen molar-refractivity contribution in [1.29, 1.82) is 0 Å². The second-order valence-electron chi connectivity index (χ2n) is 5.20. The molecule has 0 bridgehead atoms. The van der Waals surface area contributed by atoms with Crippen LogP contribution in [0.5, 0.6) is 11.5 Å². The molecule has 0 radical (unpaired) electrons. The van der Waals surface area contributed by atoms with Crippen LogP contribution in [0.1, 0.15) is 19.3 Å². The van der Waals surface area contributed by atoms with Crippen LogP contribution < -0.4 is 14.8 Å². The summed E-state index contributed by atoms with van der Waals surface area (Å²) in [7, 11) is 1.51. The summed E-state index contributed by atoms with van der Waals surface area (Å²) in [6.45, 7) is 1.69. The molecule has 23 heavy (non-hydrogen) atoms. The second-order valence-corrected chi connectivity index (χ2v) is 5.58. The van der Waals surface area contributed by atoms with E-state index in [0.717, 1.165) is 12.8 Å². The van der Waals surface area contributed by atoms with Crippen LogP contribution in [0.15, 0.2) is 12.1 Å². The van der Waals surface area contributed by atoms with Crippen molar-refractivity contribution in [3.63, 3.8) is 0 Å². The van der Waals surface area contributed by atoms with Crippen LogP contribution in [0.4, 0.5) is 11.4 Å². The molecule has 0 atom stereocenters. The van der Waals surface area contributed by atoms with Crippen molar-refractivity contribution in [3.05, 3.63) is 22.2 Å². The number of nitrogens with one attached hydrogen (secondary N) is 1. The summed E-state index contributed by atoms with van der Waals surface area (Å²) < 4.78 is 16.1. The predicted octanol–water partition coefficient (Wildman–Crippen LogP) is 3.20. The van der Waals surface area contributed by atoms with Crippen molar-refractivity contribution >= 4 is 23.0 Å². The van der Waals surface area contributed by atoms with Crippen molar-refractivity contribution in [2.24, 2.45) is 0 Å². The molecule has 1 aromatic carbocycles.